The molecule has 0 aliphatic heterocycles. The van der Waals surface area contributed by atoms with Crippen LogP contribution in [-0.2, 0) is 0 Å². The van der Waals surface area contributed by atoms with Crippen molar-refractivity contribution < 1.29 is 4.74 Å². The second-order valence-corrected chi connectivity index (χ2v) is 6.46. The van der Waals surface area contributed by atoms with Gasteiger partial charge in [-0.15, -0.1) is 0 Å². The summed E-state index contributed by atoms with van der Waals surface area (Å²) in [5, 5.41) is 0. The predicted molar refractivity (Wildman–Crippen MR) is 79.3 cm³/mol. The Labute approximate surface area is 119 Å². The summed E-state index contributed by atoms with van der Waals surface area (Å²) in [6, 6.07) is 2.17. The van der Waals surface area contributed by atoms with Gasteiger partial charge in [0.05, 0.1) is 0 Å². The van der Waals surface area contributed by atoms with Crippen LogP contribution in [0.2, 0.25) is 0 Å². The van der Waals surface area contributed by atoms with Crippen molar-refractivity contribution in [3.05, 3.63) is 17.5 Å². The van der Waals surface area contributed by atoms with Crippen LogP contribution < -0.4 is 10.5 Å². The van der Waals surface area contributed by atoms with Crippen molar-refractivity contribution in [2.45, 2.75) is 52.6 Å². The summed E-state index contributed by atoms with van der Waals surface area (Å²) in [5.41, 5.74) is 7.43. The normalized spacial score (nSPS) is 19.1. The Bertz CT molecular complexity index is 478. The van der Waals surface area contributed by atoms with E-state index >= 15 is 0 Å². The topological polar surface area (TPSA) is 61.0 Å². The molecule has 1 saturated carbocycles. The van der Waals surface area contributed by atoms with E-state index in [9.17, 15) is 0 Å². The first-order valence-electron chi connectivity index (χ1n) is 6.68. The van der Waals surface area contributed by atoms with Gasteiger partial charge in [-0.05, 0) is 44.1 Å². The number of rotatable bonds is 3. The zero-order chi connectivity index (χ0) is 14.0. The van der Waals surface area contributed by atoms with Crippen molar-refractivity contribution in [3.8, 4) is 6.01 Å². The summed E-state index contributed by atoms with van der Waals surface area (Å²) in [4.78, 5) is 8.84. The molecule has 4 nitrogen and oxygen atoms in total. The van der Waals surface area contributed by atoms with E-state index in [1.54, 1.807) is 6.07 Å². The summed E-state index contributed by atoms with van der Waals surface area (Å²) in [5.74, 6) is 0. The Kier molecular flexibility index (Phi) is 4.04. The smallest absolute Gasteiger partial charge is 0.317 e. The fraction of sp³-hybridized carbons (Fsp3) is 0.643. The lowest BCUT2D eigenvalue weighted by molar-refractivity contribution is 0.0904. The minimum atomic E-state index is 0.203. The molecule has 19 heavy (non-hydrogen) atoms. The summed E-state index contributed by atoms with van der Waals surface area (Å²) >= 11 is 4.95. The first-order valence-corrected chi connectivity index (χ1v) is 7.09. The Morgan fingerprint density at radius 1 is 1.37 bits per heavy atom. The Morgan fingerprint density at radius 2 is 2.00 bits per heavy atom. The maximum absolute atomic E-state index is 5.88. The largest absolute Gasteiger partial charge is 0.460 e. The molecule has 0 bridgehead atoms. The van der Waals surface area contributed by atoms with Crippen LogP contribution in [0.4, 0.5) is 0 Å². The molecular weight excluding hydrogens is 258 g/mol. The van der Waals surface area contributed by atoms with Gasteiger partial charge in [-0.2, -0.15) is 4.98 Å². The Balaban J connectivity index is 2.05. The van der Waals surface area contributed by atoms with Crippen LogP contribution in [0, 0.1) is 12.3 Å². The van der Waals surface area contributed by atoms with Crippen LogP contribution >= 0.6 is 12.2 Å². The van der Waals surface area contributed by atoms with Crippen LogP contribution in [0.3, 0.4) is 0 Å². The van der Waals surface area contributed by atoms with Gasteiger partial charge < -0.3 is 10.5 Å². The fourth-order valence-electron chi connectivity index (χ4n) is 2.36. The van der Waals surface area contributed by atoms with Crippen molar-refractivity contribution in [2.75, 3.05) is 0 Å². The minimum Gasteiger partial charge on any atom is -0.460 e. The fourth-order valence-corrected chi connectivity index (χ4v) is 2.46. The maximum atomic E-state index is 5.88. The van der Waals surface area contributed by atoms with Gasteiger partial charge in [-0.3, -0.25) is 0 Å². The molecule has 1 fully saturated rings. The molecule has 0 spiro atoms. The molecule has 0 amide bonds. The third-order valence-corrected chi connectivity index (χ3v) is 3.85. The van der Waals surface area contributed by atoms with Gasteiger partial charge in [-0.1, -0.05) is 26.1 Å². The highest BCUT2D eigenvalue weighted by molar-refractivity contribution is 7.80. The van der Waals surface area contributed by atoms with Crippen LogP contribution in [0.15, 0.2) is 6.07 Å². The van der Waals surface area contributed by atoms with E-state index in [-0.39, 0.29) is 11.1 Å². The van der Waals surface area contributed by atoms with E-state index in [0.717, 1.165) is 18.5 Å². The second-order valence-electron chi connectivity index (χ2n) is 6.02. The maximum Gasteiger partial charge on any atom is 0.317 e. The first kappa shape index (κ1) is 14.2. The monoisotopic (exact) mass is 279 g/mol. The van der Waals surface area contributed by atoms with Gasteiger partial charge in [0.2, 0.25) is 0 Å². The third kappa shape index (κ3) is 3.86. The molecule has 0 saturated heterocycles. The van der Waals surface area contributed by atoms with E-state index < -0.39 is 0 Å². The first-order chi connectivity index (χ1) is 8.85. The molecule has 2 N–H and O–H groups in total. The highest BCUT2D eigenvalue weighted by Crippen LogP contribution is 2.36. The van der Waals surface area contributed by atoms with Gasteiger partial charge in [0.15, 0.2) is 0 Å². The average molecular weight is 279 g/mol. The van der Waals surface area contributed by atoms with Crippen molar-refractivity contribution in [3.63, 3.8) is 0 Å². The Hall–Kier alpha value is -1.23. The molecule has 5 heteroatoms. The number of nitrogens with two attached hydrogens (primary N) is 1. The lowest BCUT2D eigenvalue weighted by Crippen LogP contribution is -2.29. The number of ether oxygens (including phenoxy) is 1. The highest BCUT2D eigenvalue weighted by atomic mass is 32.1. The average Bonchev–Trinajstić information content (AvgIpc) is 2.31. The van der Waals surface area contributed by atoms with Gasteiger partial charge in [-0.25, -0.2) is 4.98 Å². The third-order valence-electron chi connectivity index (χ3n) is 3.64. The second kappa shape index (κ2) is 5.41. The number of nitrogens with zero attached hydrogens (tertiary/aromatic N) is 2. The van der Waals surface area contributed by atoms with Crippen LogP contribution in [0.25, 0.3) is 0 Å². The molecule has 1 aliphatic carbocycles. The summed E-state index contributed by atoms with van der Waals surface area (Å²) in [6.07, 6.45) is 4.64. The quantitative estimate of drug-likeness (QED) is 0.862. The molecule has 1 aliphatic rings. The molecule has 0 aromatic carbocycles. The number of aromatic nitrogens is 2. The zero-order valence-corrected chi connectivity index (χ0v) is 12.6. The molecule has 0 unspecified atom stereocenters. The standard InChI is InChI=1S/C14H21N3OS/c1-9-8-11(12(15)19)17-13(16-9)18-10-4-6-14(2,3)7-5-10/h8,10H,4-7H2,1-3H3,(H2,15,19). The lowest BCUT2D eigenvalue weighted by atomic mass is 9.76. The summed E-state index contributed by atoms with van der Waals surface area (Å²) < 4.78 is 5.88. The van der Waals surface area contributed by atoms with E-state index in [0.29, 0.717) is 17.1 Å². The molecule has 2 rings (SSSR count). The Morgan fingerprint density at radius 3 is 2.58 bits per heavy atom. The highest BCUT2D eigenvalue weighted by Gasteiger charge is 2.28. The zero-order valence-electron chi connectivity index (χ0n) is 11.8. The summed E-state index contributed by atoms with van der Waals surface area (Å²) in [7, 11) is 0. The number of aryl methyl sites for hydroxylation is 1. The molecule has 0 radical (unpaired) electrons. The molecule has 104 valence electrons. The summed E-state index contributed by atoms with van der Waals surface area (Å²) in [6.45, 7) is 6.50. The van der Waals surface area contributed by atoms with E-state index in [4.69, 9.17) is 22.7 Å². The molecule has 0 atom stereocenters. The molecule has 1 aromatic heterocycles. The van der Waals surface area contributed by atoms with Gasteiger partial charge >= 0.3 is 6.01 Å². The molecule has 1 aromatic rings. The predicted octanol–water partition coefficient (Wildman–Crippen LogP) is 2.77. The number of thiocarbonyl (C=S) groups is 1. The van der Waals surface area contributed by atoms with Crippen LogP contribution in [-0.4, -0.2) is 21.1 Å². The van der Waals surface area contributed by atoms with E-state index in [2.05, 4.69) is 23.8 Å². The van der Waals surface area contributed by atoms with Crippen molar-refractivity contribution in [1.29, 1.82) is 0 Å². The molecular formula is C14H21N3OS. The van der Waals surface area contributed by atoms with Gasteiger partial charge in [0.1, 0.15) is 16.8 Å². The molecule has 1 heterocycles. The van der Waals surface area contributed by atoms with Crippen LogP contribution in [0.1, 0.15) is 50.9 Å². The lowest BCUT2D eigenvalue weighted by Gasteiger charge is -2.33. The SMILES string of the molecule is Cc1cc(C(N)=S)nc(OC2CCC(C)(C)CC2)n1. The van der Waals surface area contributed by atoms with E-state index in [1.165, 1.54) is 12.8 Å². The van der Waals surface area contributed by atoms with Crippen molar-refractivity contribution >= 4 is 17.2 Å². The minimum absolute atomic E-state index is 0.203. The number of hydrogen-bond acceptors (Lipinski definition) is 4. The van der Waals surface area contributed by atoms with Crippen molar-refractivity contribution in [1.82, 2.24) is 9.97 Å². The van der Waals surface area contributed by atoms with Crippen LogP contribution in [0.5, 0.6) is 6.01 Å². The van der Waals surface area contributed by atoms with E-state index in [1.807, 2.05) is 6.92 Å². The van der Waals surface area contributed by atoms with Crippen molar-refractivity contribution in [2.24, 2.45) is 11.1 Å². The van der Waals surface area contributed by atoms with Gasteiger partial charge in [0.25, 0.3) is 0 Å². The number of hydrogen-bond donors (Lipinski definition) is 1. The van der Waals surface area contributed by atoms with Gasteiger partial charge in [0, 0.05) is 5.69 Å².